The molecule has 4 heterocycles. The number of hydrogen-bond donors (Lipinski definition) is 4. The molecule has 10 nitrogen and oxygen atoms in total. The quantitative estimate of drug-likeness (QED) is 0.149. The van der Waals surface area contributed by atoms with Crippen LogP contribution in [0.15, 0.2) is 97.1 Å². The lowest BCUT2D eigenvalue weighted by Gasteiger charge is -2.17. The van der Waals surface area contributed by atoms with Crippen LogP contribution in [0, 0.1) is 0 Å². The standard InChI is InChI=1S/2C17H18N2O.C4H4O4/c2*1-19-9-14-12-4-2-3-5-16(12)20-17-7-6-11(18)8-13(17)15(14)10-19;5-3(6)1-2-4(7)8/h2*2-8,14-15H,9-10,18H2,1H3;1-2H,(H,5,6)(H,7,8)/b;;2-1+/t2*14-,15-;/m11./s1. The number of carbonyl (C=O) groups is 2. The van der Waals surface area contributed by atoms with Gasteiger partial charge in [-0.15, -0.1) is 0 Å². The Morgan fingerprint density at radius 1 is 0.583 bits per heavy atom. The first kappa shape index (κ1) is 32.6. The molecule has 4 atom stereocenters. The molecule has 48 heavy (non-hydrogen) atoms. The van der Waals surface area contributed by atoms with Crippen LogP contribution in [0.1, 0.15) is 45.9 Å². The summed E-state index contributed by atoms with van der Waals surface area (Å²) in [6, 6.07) is 28.8. The highest BCUT2D eigenvalue weighted by atomic mass is 16.5. The van der Waals surface area contributed by atoms with Crippen LogP contribution >= 0.6 is 0 Å². The molecular weight excluding hydrogens is 608 g/mol. The zero-order valence-corrected chi connectivity index (χ0v) is 27.0. The number of rotatable bonds is 2. The summed E-state index contributed by atoms with van der Waals surface area (Å²) in [5.41, 5.74) is 18.7. The number of nitrogens with zero attached hydrogens (tertiary/aromatic N) is 2. The molecule has 6 N–H and O–H groups in total. The van der Waals surface area contributed by atoms with Crippen LogP contribution in [0.4, 0.5) is 11.4 Å². The molecule has 2 saturated heterocycles. The highest BCUT2D eigenvalue weighted by Crippen LogP contribution is 2.51. The van der Waals surface area contributed by atoms with E-state index < -0.39 is 11.9 Å². The average Bonchev–Trinajstić information content (AvgIpc) is 3.58. The summed E-state index contributed by atoms with van der Waals surface area (Å²) in [5.74, 6) is 3.26. The Balaban J connectivity index is 0.000000138. The lowest BCUT2D eigenvalue weighted by molar-refractivity contribution is -0.134. The summed E-state index contributed by atoms with van der Waals surface area (Å²) in [4.78, 5) is 23.9. The molecular formula is C38H40N4O6. The zero-order chi connectivity index (χ0) is 33.9. The van der Waals surface area contributed by atoms with E-state index in [0.717, 1.165) is 60.6 Å². The second kappa shape index (κ2) is 13.8. The molecule has 0 spiro atoms. The van der Waals surface area contributed by atoms with Gasteiger partial charge in [-0.1, -0.05) is 36.4 Å². The summed E-state index contributed by atoms with van der Waals surface area (Å²) >= 11 is 0. The number of aliphatic carboxylic acids is 2. The fourth-order valence-corrected chi connectivity index (χ4v) is 7.30. The van der Waals surface area contributed by atoms with Crippen molar-refractivity contribution in [1.82, 2.24) is 9.80 Å². The second-order valence-corrected chi connectivity index (χ2v) is 12.8. The van der Waals surface area contributed by atoms with E-state index in [2.05, 4.69) is 72.4 Å². The predicted molar refractivity (Wildman–Crippen MR) is 185 cm³/mol. The van der Waals surface area contributed by atoms with Gasteiger partial charge in [0, 0.05) is 84.5 Å². The lowest BCUT2D eigenvalue weighted by Crippen LogP contribution is -2.14. The van der Waals surface area contributed by atoms with Crippen LogP contribution in [0.5, 0.6) is 23.0 Å². The molecule has 0 saturated carbocycles. The van der Waals surface area contributed by atoms with Crippen LogP contribution in [-0.4, -0.2) is 72.2 Å². The monoisotopic (exact) mass is 648 g/mol. The largest absolute Gasteiger partial charge is 0.478 e. The van der Waals surface area contributed by atoms with Crippen molar-refractivity contribution in [3.8, 4) is 23.0 Å². The first-order valence-corrected chi connectivity index (χ1v) is 15.9. The van der Waals surface area contributed by atoms with Gasteiger partial charge in [-0.25, -0.2) is 9.59 Å². The molecule has 248 valence electrons. The number of para-hydroxylation sites is 2. The van der Waals surface area contributed by atoms with Gasteiger partial charge in [-0.2, -0.15) is 0 Å². The van der Waals surface area contributed by atoms with Gasteiger partial charge in [0.1, 0.15) is 23.0 Å². The van der Waals surface area contributed by atoms with Crippen molar-refractivity contribution >= 4 is 23.3 Å². The SMILES string of the molecule is CN1C[C@@H]2c3ccccc3Oc3ccc(N)cc3[C@H]2C1.CN1C[C@@H]2c3ccccc3Oc3ccc(N)cc3[C@H]2C1.O=C(O)/C=C/C(=O)O. The minimum atomic E-state index is -1.26. The fraction of sp³-hybridized carbons (Fsp3) is 0.263. The van der Waals surface area contributed by atoms with Crippen molar-refractivity contribution in [1.29, 1.82) is 0 Å². The Bertz CT molecular complexity index is 1730. The van der Waals surface area contributed by atoms with E-state index in [0.29, 0.717) is 35.8 Å². The Kier molecular flexibility index (Phi) is 9.38. The third kappa shape index (κ3) is 7.00. The number of anilines is 2. The highest BCUT2D eigenvalue weighted by molar-refractivity contribution is 5.89. The van der Waals surface area contributed by atoms with E-state index in [1.165, 1.54) is 22.3 Å². The number of likely N-dealkylation sites (N-methyl/N-ethyl adjacent to an activating group) is 2. The molecule has 0 unspecified atom stereocenters. The number of benzene rings is 4. The van der Waals surface area contributed by atoms with Crippen molar-refractivity contribution < 1.29 is 29.3 Å². The third-order valence-electron chi connectivity index (χ3n) is 9.32. The minimum Gasteiger partial charge on any atom is -0.478 e. The van der Waals surface area contributed by atoms with Crippen molar-refractivity contribution in [2.75, 3.05) is 51.7 Å². The first-order valence-electron chi connectivity index (χ1n) is 15.9. The Labute approximate surface area is 279 Å². The van der Waals surface area contributed by atoms with Gasteiger partial charge < -0.3 is 41.0 Å². The minimum absolute atomic E-state index is 0.460. The highest BCUT2D eigenvalue weighted by Gasteiger charge is 2.39. The van der Waals surface area contributed by atoms with Gasteiger partial charge in [-0.3, -0.25) is 0 Å². The molecule has 0 radical (unpaired) electrons. The zero-order valence-electron chi connectivity index (χ0n) is 27.0. The van der Waals surface area contributed by atoms with Crippen LogP contribution in [0.3, 0.4) is 0 Å². The van der Waals surface area contributed by atoms with E-state index in [4.69, 9.17) is 31.2 Å². The predicted octanol–water partition coefficient (Wildman–Crippen LogP) is 6.09. The van der Waals surface area contributed by atoms with E-state index in [1.807, 2.05) is 36.4 Å². The Hall–Kier alpha value is -5.32. The molecule has 0 aliphatic carbocycles. The summed E-state index contributed by atoms with van der Waals surface area (Å²) in [5, 5.41) is 15.6. The van der Waals surface area contributed by atoms with Crippen molar-refractivity contribution in [3.63, 3.8) is 0 Å². The summed E-state index contributed by atoms with van der Waals surface area (Å²) in [6.45, 7) is 4.25. The van der Waals surface area contributed by atoms with Gasteiger partial charge in [-0.05, 0) is 73.8 Å². The first-order chi connectivity index (χ1) is 23.1. The third-order valence-corrected chi connectivity index (χ3v) is 9.32. The average molecular weight is 649 g/mol. The van der Waals surface area contributed by atoms with Crippen molar-refractivity contribution in [2.45, 2.75) is 23.7 Å². The van der Waals surface area contributed by atoms with Gasteiger partial charge in [0.15, 0.2) is 0 Å². The van der Waals surface area contributed by atoms with Crippen molar-refractivity contribution in [2.24, 2.45) is 0 Å². The molecule has 4 aromatic rings. The van der Waals surface area contributed by atoms with E-state index in [9.17, 15) is 9.59 Å². The van der Waals surface area contributed by atoms with Gasteiger partial charge in [0.25, 0.3) is 0 Å². The van der Waals surface area contributed by atoms with E-state index in [1.54, 1.807) is 0 Å². The number of carboxylic acids is 2. The van der Waals surface area contributed by atoms with Gasteiger partial charge in [0.05, 0.1) is 0 Å². The van der Waals surface area contributed by atoms with Gasteiger partial charge in [0.2, 0.25) is 0 Å². The Morgan fingerprint density at radius 2 is 0.917 bits per heavy atom. The topological polar surface area (TPSA) is 152 Å². The fourth-order valence-electron chi connectivity index (χ4n) is 7.30. The number of carboxylic acid groups (broad SMARTS) is 2. The van der Waals surface area contributed by atoms with Crippen LogP contribution < -0.4 is 20.9 Å². The van der Waals surface area contributed by atoms with Crippen molar-refractivity contribution in [3.05, 3.63) is 119 Å². The number of nitrogen functional groups attached to an aromatic ring is 2. The molecule has 0 aromatic heterocycles. The molecule has 10 heteroatoms. The maximum atomic E-state index is 9.55. The molecule has 4 aliphatic heterocycles. The Morgan fingerprint density at radius 3 is 1.29 bits per heavy atom. The number of nitrogens with two attached hydrogens (primary N) is 2. The lowest BCUT2D eigenvalue weighted by atomic mass is 9.84. The number of likely N-dealkylation sites (tertiary alicyclic amines) is 2. The van der Waals surface area contributed by atoms with Crippen LogP contribution in [0.25, 0.3) is 0 Å². The summed E-state index contributed by atoms with van der Waals surface area (Å²) in [7, 11) is 4.37. The molecule has 4 aromatic carbocycles. The summed E-state index contributed by atoms with van der Waals surface area (Å²) in [6.07, 6.45) is 1.12. The number of ether oxygens (including phenoxy) is 2. The maximum absolute atomic E-state index is 9.55. The molecule has 0 amide bonds. The molecule has 2 fully saturated rings. The normalized spacial score (nSPS) is 21.8. The molecule has 8 rings (SSSR count). The molecule has 4 aliphatic rings. The summed E-state index contributed by atoms with van der Waals surface area (Å²) < 4.78 is 12.3. The number of fused-ring (bicyclic) bond motifs is 10. The maximum Gasteiger partial charge on any atom is 0.328 e. The van der Waals surface area contributed by atoms with Crippen LogP contribution in [0.2, 0.25) is 0 Å². The van der Waals surface area contributed by atoms with E-state index in [-0.39, 0.29) is 0 Å². The van der Waals surface area contributed by atoms with E-state index >= 15 is 0 Å². The van der Waals surface area contributed by atoms with Gasteiger partial charge >= 0.3 is 11.9 Å². The van der Waals surface area contributed by atoms with Crippen LogP contribution in [-0.2, 0) is 9.59 Å². The smallest absolute Gasteiger partial charge is 0.328 e. The number of hydrogen-bond acceptors (Lipinski definition) is 8. The molecule has 0 bridgehead atoms. The second-order valence-electron chi connectivity index (χ2n) is 12.8.